The Bertz CT molecular complexity index is 1130. The lowest BCUT2D eigenvalue weighted by atomic mass is 10.1. The van der Waals surface area contributed by atoms with Crippen LogP contribution in [0.4, 0.5) is 5.69 Å². The molecule has 1 saturated heterocycles. The molecular weight excluding hydrogens is 470 g/mol. The molecule has 1 fully saturated rings. The Balaban J connectivity index is 1.42. The summed E-state index contributed by atoms with van der Waals surface area (Å²) in [5, 5.41) is 8.57. The van der Waals surface area contributed by atoms with Crippen molar-refractivity contribution in [2.24, 2.45) is 5.10 Å². The van der Waals surface area contributed by atoms with Gasteiger partial charge in [-0.25, -0.2) is 10.2 Å². The molecular formula is C24H27N5O7. The van der Waals surface area contributed by atoms with E-state index in [0.717, 1.165) is 19.3 Å². The SMILES string of the molecule is CCOC(=O)c1ccc(NC(=O)C(=O)NCc2ccc(/C=N/NC(=O)C(=O)N3CCCCC3)o2)cc1. The van der Waals surface area contributed by atoms with Crippen molar-refractivity contribution in [3.8, 4) is 0 Å². The third kappa shape index (κ3) is 7.52. The van der Waals surface area contributed by atoms with Crippen molar-refractivity contribution in [1.82, 2.24) is 15.6 Å². The summed E-state index contributed by atoms with van der Waals surface area (Å²) >= 11 is 0. The summed E-state index contributed by atoms with van der Waals surface area (Å²) in [6.45, 7) is 2.99. The standard InChI is InChI=1S/C24H27N5O7/c1-2-35-24(34)16-6-8-17(9-7-16)27-21(31)20(30)25-14-18-10-11-19(36-18)15-26-28-22(32)23(33)29-12-4-3-5-13-29/h6-11,15H,2-5,12-14H2,1H3,(H,25,30)(H,27,31)(H,28,32)/b26-15+. The van der Waals surface area contributed by atoms with Crippen LogP contribution in [0.1, 0.15) is 48.1 Å². The average molecular weight is 498 g/mol. The Morgan fingerprint density at radius 1 is 0.972 bits per heavy atom. The molecule has 1 aliphatic heterocycles. The largest absolute Gasteiger partial charge is 0.462 e. The highest BCUT2D eigenvalue weighted by Gasteiger charge is 2.23. The number of hydrazone groups is 1. The second-order valence-corrected chi connectivity index (χ2v) is 7.79. The topological polar surface area (TPSA) is 159 Å². The van der Waals surface area contributed by atoms with Crippen molar-refractivity contribution in [1.29, 1.82) is 0 Å². The van der Waals surface area contributed by atoms with Gasteiger partial charge in [-0.05, 0) is 62.6 Å². The first-order chi connectivity index (χ1) is 17.4. The van der Waals surface area contributed by atoms with Gasteiger partial charge >= 0.3 is 29.6 Å². The molecule has 36 heavy (non-hydrogen) atoms. The molecule has 0 saturated carbocycles. The van der Waals surface area contributed by atoms with Crippen LogP contribution in [0.3, 0.4) is 0 Å². The molecule has 2 heterocycles. The van der Waals surface area contributed by atoms with Gasteiger partial charge in [-0.1, -0.05) is 0 Å². The summed E-state index contributed by atoms with van der Waals surface area (Å²) in [6, 6.07) is 9.03. The van der Waals surface area contributed by atoms with Gasteiger partial charge < -0.3 is 24.7 Å². The van der Waals surface area contributed by atoms with E-state index in [1.54, 1.807) is 19.1 Å². The number of anilines is 1. The molecule has 0 atom stereocenters. The zero-order valence-electron chi connectivity index (χ0n) is 19.7. The molecule has 12 nitrogen and oxygen atoms in total. The van der Waals surface area contributed by atoms with E-state index in [0.29, 0.717) is 30.1 Å². The van der Waals surface area contributed by atoms with E-state index in [2.05, 4.69) is 21.2 Å². The van der Waals surface area contributed by atoms with Crippen molar-refractivity contribution in [2.45, 2.75) is 32.7 Å². The highest BCUT2D eigenvalue weighted by Crippen LogP contribution is 2.11. The lowest BCUT2D eigenvalue weighted by Gasteiger charge is -2.25. The van der Waals surface area contributed by atoms with Crippen molar-refractivity contribution in [3.63, 3.8) is 0 Å². The lowest BCUT2D eigenvalue weighted by Crippen LogP contribution is -2.43. The summed E-state index contributed by atoms with van der Waals surface area (Å²) in [5.41, 5.74) is 2.83. The van der Waals surface area contributed by atoms with E-state index in [1.165, 1.54) is 35.4 Å². The third-order valence-corrected chi connectivity index (χ3v) is 5.16. The van der Waals surface area contributed by atoms with E-state index in [-0.39, 0.29) is 18.9 Å². The number of carbonyl (C=O) groups excluding carboxylic acids is 5. The number of benzene rings is 1. The van der Waals surface area contributed by atoms with Gasteiger partial charge in [0.1, 0.15) is 11.5 Å². The van der Waals surface area contributed by atoms with Gasteiger partial charge in [0.05, 0.1) is 24.9 Å². The maximum Gasteiger partial charge on any atom is 0.338 e. The Morgan fingerprint density at radius 3 is 2.39 bits per heavy atom. The second kappa shape index (κ2) is 12.8. The quantitative estimate of drug-likeness (QED) is 0.224. The van der Waals surface area contributed by atoms with Crippen LogP contribution in [0.25, 0.3) is 0 Å². The van der Waals surface area contributed by atoms with Crippen LogP contribution in [-0.4, -0.2) is 60.4 Å². The molecule has 3 rings (SSSR count). The Morgan fingerprint density at radius 2 is 1.69 bits per heavy atom. The molecule has 3 N–H and O–H groups in total. The Hall–Kier alpha value is -4.48. The van der Waals surface area contributed by atoms with E-state index in [9.17, 15) is 24.0 Å². The van der Waals surface area contributed by atoms with Crippen molar-refractivity contribution < 1.29 is 33.1 Å². The zero-order chi connectivity index (χ0) is 25.9. The first-order valence-corrected chi connectivity index (χ1v) is 11.4. The van der Waals surface area contributed by atoms with Gasteiger partial charge in [0, 0.05) is 18.8 Å². The summed E-state index contributed by atoms with van der Waals surface area (Å²) in [4.78, 5) is 61.3. The van der Waals surface area contributed by atoms with E-state index in [1.807, 2.05) is 0 Å². The van der Waals surface area contributed by atoms with Gasteiger partial charge in [0.15, 0.2) is 0 Å². The Labute approximate surface area is 207 Å². The number of rotatable bonds is 7. The average Bonchev–Trinajstić information content (AvgIpc) is 3.35. The number of furan rings is 1. The number of carbonyl (C=O) groups is 5. The fraction of sp³-hybridized carbons (Fsp3) is 0.333. The van der Waals surface area contributed by atoms with E-state index >= 15 is 0 Å². The molecule has 0 radical (unpaired) electrons. The summed E-state index contributed by atoms with van der Waals surface area (Å²) in [7, 11) is 0. The number of piperidine rings is 1. The van der Waals surface area contributed by atoms with Crippen LogP contribution in [0.2, 0.25) is 0 Å². The van der Waals surface area contributed by atoms with Crippen molar-refractivity contribution in [3.05, 3.63) is 53.5 Å². The summed E-state index contributed by atoms with van der Waals surface area (Å²) in [5.74, 6) is -3.10. The predicted molar refractivity (Wildman–Crippen MR) is 128 cm³/mol. The molecule has 1 aromatic heterocycles. The van der Waals surface area contributed by atoms with Gasteiger partial charge in [0.2, 0.25) is 0 Å². The fourth-order valence-corrected chi connectivity index (χ4v) is 3.34. The normalized spacial score (nSPS) is 13.2. The molecule has 0 spiro atoms. The highest BCUT2D eigenvalue weighted by molar-refractivity contribution is 6.39. The molecule has 0 unspecified atom stereocenters. The Kier molecular flexibility index (Phi) is 9.32. The van der Waals surface area contributed by atoms with Gasteiger partial charge in [-0.3, -0.25) is 19.2 Å². The molecule has 12 heteroatoms. The molecule has 0 aliphatic carbocycles. The van der Waals surface area contributed by atoms with Crippen LogP contribution in [-0.2, 0) is 30.5 Å². The van der Waals surface area contributed by atoms with Crippen molar-refractivity contribution >= 4 is 41.5 Å². The van der Waals surface area contributed by atoms with Gasteiger partial charge in [-0.15, -0.1) is 0 Å². The maximum absolute atomic E-state index is 12.1. The minimum atomic E-state index is -0.895. The number of hydrogen-bond donors (Lipinski definition) is 3. The number of amides is 4. The van der Waals surface area contributed by atoms with Crippen LogP contribution >= 0.6 is 0 Å². The maximum atomic E-state index is 12.1. The van der Waals surface area contributed by atoms with Crippen molar-refractivity contribution in [2.75, 3.05) is 25.0 Å². The summed E-state index contributed by atoms with van der Waals surface area (Å²) in [6.07, 6.45) is 4.01. The number of hydrogen-bond acceptors (Lipinski definition) is 8. The monoisotopic (exact) mass is 497 g/mol. The van der Waals surface area contributed by atoms with E-state index < -0.39 is 29.6 Å². The second-order valence-electron chi connectivity index (χ2n) is 7.79. The lowest BCUT2D eigenvalue weighted by molar-refractivity contribution is -0.146. The number of likely N-dealkylation sites (tertiary alicyclic amines) is 1. The smallest absolute Gasteiger partial charge is 0.338 e. The summed E-state index contributed by atoms with van der Waals surface area (Å²) < 4.78 is 10.3. The zero-order valence-corrected chi connectivity index (χ0v) is 19.7. The molecule has 1 aromatic carbocycles. The van der Waals surface area contributed by atoms with Gasteiger partial charge in [0.25, 0.3) is 0 Å². The molecule has 0 bridgehead atoms. The third-order valence-electron chi connectivity index (χ3n) is 5.16. The number of nitrogens with zero attached hydrogens (tertiary/aromatic N) is 2. The molecule has 1 aliphatic rings. The first kappa shape index (κ1) is 26.1. The first-order valence-electron chi connectivity index (χ1n) is 11.4. The number of esters is 1. The van der Waals surface area contributed by atoms with Crippen LogP contribution in [0.15, 0.2) is 45.9 Å². The predicted octanol–water partition coefficient (Wildman–Crippen LogP) is 1.17. The van der Waals surface area contributed by atoms with Crippen LogP contribution in [0, 0.1) is 0 Å². The fourth-order valence-electron chi connectivity index (χ4n) is 3.34. The number of nitrogens with one attached hydrogen (secondary N) is 3. The van der Waals surface area contributed by atoms with Crippen LogP contribution < -0.4 is 16.1 Å². The molecule has 2 aromatic rings. The van der Waals surface area contributed by atoms with Crippen LogP contribution in [0.5, 0.6) is 0 Å². The minimum Gasteiger partial charge on any atom is -0.462 e. The molecule has 4 amide bonds. The van der Waals surface area contributed by atoms with E-state index in [4.69, 9.17) is 9.15 Å². The highest BCUT2D eigenvalue weighted by atomic mass is 16.5. The minimum absolute atomic E-state index is 0.0678. The number of ether oxygens (including phenoxy) is 1. The van der Waals surface area contributed by atoms with Gasteiger partial charge in [-0.2, -0.15) is 5.10 Å². The molecule has 190 valence electrons.